The number of benzene rings is 3. The predicted molar refractivity (Wildman–Crippen MR) is 189 cm³/mol. The molecular weight excluding hydrogens is 605 g/mol. The van der Waals surface area contributed by atoms with Gasteiger partial charge in [-0.1, -0.05) is 60.7 Å². The van der Waals surface area contributed by atoms with Gasteiger partial charge in [-0.25, -0.2) is 4.39 Å². The molecule has 0 spiro atoms. The van der Waals surface area contributed by atoms with Crippen LogP contribution in [-0.2, 0) is 24.3 Å². The Kier molecular flexibility index (Phi) is 9.96. The first kappa shape index (κ1) is 33.4. The second kappa shape index (κ2) is 14.3. The first-order valence-electron chi connectivity index (χ1n) is 17.2. The van der Waals surface area contributed by atoms with E-state index in [1.54, 1.807) is 12.3 Å². The van der Waals surface area contributed by atoms with Gasteiger partial charge >= 0.3 is 0 Å². The van der Waals surface area contributed by atoms with Crippen LogP contribution in [-0.4, -0.2) is 81.9 Å². The van der Waals surface area contributed by atoms with Crippen LogP contribution in [0.15, 0.2) is 83.8 Å². The van der Waals surface area contributed by atoms with E-state index < -0.39 is 11.2 Å². The van der Waals surface area contributed by atoms with Crippen molar-refractivity contribution < 1.29 is 14.0 Å². The molecule has 252 valence electrons. The Morgan fingerprint density at radius 3 is 2.15 bits per heavy atom. The van der Waals surface area contributed by atoms with Crippen molar-refractivity contribution in [2.45, 2.75) is 71.8 Å². The average Bonchev–Trinajstić information content (AvgIpc) is 3.11. The zero-order valence-corrected chi connectivity index (χ0v) is 28.4. The number of hydrogen-bond acceptors (Lipinski definition) is 5. The van der Waals surface area contributed by atoms with Gasteiger partial charge in [-0.3, -0.25) is 19.3 Å². The SMILES string of the molecule is CCn1cc(C(=O)N2CC(C)N(Cc3ccccc3)C(C)C2C)c(=O)c2cc(F)c(N3CCN(C(=O)CCc4ccccc4)CC3)cc21. The lowest BCUT2D eigenvalue weighted by atomic mass is 9.98. The number of hydrogen-bond donors (Lipinski definition) is 0. The van der Waals surface area contributed by atoms with E-state index >= 15 is 4.39 Å². The van der Waals surface area contributed by atoms with Crippen LogP contribution >= 0.6 is 0 Å². The number of halogens is 1. The summed E-state index contributed by atoms with van der Waals surface area (Å²) in [4.78, 5) is 48.9. The van der Waals surface area contributed by atoms with Crippen LogP contribution in [0.25, 0.3) is 10.9 Å². The second-order valence-corrected chi connectivity index (χ2v) is 13.3. The molecule has 2 amide bonds. The zero-order chi connectivity index (χ0) is 33.9. The Balaban J connectivity index is 1.18. The maximum absolute atomic E-state index is 15.8. The molecule has 3 aromatic carbocycles. The molecule has 2 saturated heterocycles. The van der Waals surface area contributed by atoms with Gasteiger partial charge in [-0.2, -0.15) is 0 Å². The number of pyridine rings is 1. The molecule has 2 fully saturated rings. The number of carbonyl (C=O) groups is 2. The molecule has 9 heteroatoms. The lowest BCUT2D eigenvalue weighted by molar-refractivity contribution is -0.131. The molecule has 1 aromatic heterocycles. The second-order valence-electron chi connectivity index (χ2n) is 13.3. The Morgan fingerprint density at radius 2 is 1.50 bits per heavy atom. The van der Waals surface area contributed by atoms with Gasteiger partial charge in [0.25, 0.3) is 5.91 Å². The fraction of sp³-hybridized carbons (Fsp3) is 0.410. The minimum absolute atomic E-state index is 0.0712. The summed E-state index contributed by atoms with van der Waals surface area (Å²) >= 11 is 0. The summed E-state index contributed by atoms with van der Waals surface area (Å²) < 4.78 is 17.7. The number of rotatable bonds is 8. The number of amides is 2. The highest BCUT2D eigenvalue weighted by Gasteiger charge is 2.38. The Labute approximate surface area is 282 Å². The van der Waals surface area contributed by atoms with Gasteiger partial charge in [0.2, 0.25) is 11.3 Å². The minimum Gasteiger partial charge on any atom is -0.366 e. The van der Waals surface area contributed by atoms with E-state index in [2.05, 4.69) is 30.9 Å². The van der Waals surface area contributed by atoms with Crippen LogP contribution in [0.5, 0.6) is 0 Å². The predicted octanol–water partition coefficient (Wildman–Crippen LogP) is 5.57. The third-order valence-electron chi connectivity index (χ3n) is 10.4. The van der Waals surface area contributed by atoms with E-state index in [1.165, 1.54) is 11.6 Å². The van der Waals surface area contributed by atoms with Crippen LogP contribution in [0.1, 0.15) is 55.6 Å². The van der Waals surface area contributed by atoms with Crippen LogP contribution in [0.4, 0.5) is 10.1 Å². The molecule has 0 N–H and O–H groups in total. The third kappa shape index (κ3) is 6.74. The molecule has 3 atom stereocenters. The zero-order valence-electron chi connectivity index (χ0n) is 28.4. The maximum Gasteiger partial charge on any atom is 0.259 e. The van der Waals surface area contributed by atoms with Crippen LogP contribution in [0.2, 0.25) is 0 Å². The number of carbonyl (C=O) groups excluding carboxylic acids is 2. The van der Waals surface area contributed by atoms with E-state index in [0.717, 1.165) is 12.1 Å². The normalized spacial score (nSPS) is 20.4. The molecule has 4 aromatic rings. The van der Waals surface area contributed by atoms with Crippen LogP contribution < -0.4 is 10.3 Å². The molecule has 0 radical (unpaired) electrons. The molecular formula is C39H46FN5O3. The molecule has 3 heterocycles. The maximum atomic E-state index is 15.8. The van der Waals surface area contributed by atoms with Crippen molar-refractivity contribution in [2.75, 3.05) is 37.6 Å². The molecule has 0 saturated carbocycles. The van der Waals surface area contributed by atoms with Crippen LogP contribution in [0, 0.1) is 5.82 Å². The Morgan fingerprint density at radius 1 is 0.854 bits per heavy atom. The fourth-order valence-corrected chi connectivity index (χ4v) is 7.32. The molecule has 6 rings (SSSR count). The van der Waals surface area contributed by atoms with Crippen LogP contribution in [0.3, 0.4) is 0 Å². The summed E-state index contributed by atoms with van der Waals surface area (Å²) in [6, 6.07) is 23.3. The molecule has 48 heavy (non-hydrogen) atoms. The Hall–Kier alpha value is -4.50. The summed E-state index contributed by atoms with van der Waals surface area (Å²) in [6.45, 7) is 12.0. The molecule has 2 aliphatic heterocycles. The smallest absolute Gasteiger partial charge is 0.259 e. The monoisotopic (exact) mass is 651 g/mol. The minimum atomic E-state index is -0.499. The number of aryl methyl sites for hydroxylation is 2. The summed E-state index contributed by atoms with van der Waals surface area (Å²) in [5.74, 6) is -0.710. The van der Waals surface area contributed by atoms with E-state index in [9.17, 15) is 14.4 Å². The van der Waals surface area contributed by atoms with Crippen molar-refractivity contribution in [2.24, 2.45) is 0 Å². The number of fused-ring (bicyclic) bond motifs is 1. The van der Waals surface area contributed by atoms with Crippen molar-refractivity contribution in [3.05, 3.63) is 112 Å². The highest BCUT2D eigenvalue weighted by Crippen LogP contribution is 2.29. The first-order valence-corrected chi connectivity index (χ1v) is 17.2. The van der Waals surface area contributed by atoms with Gasteiger partial charge < -0.3 is 19.3 Å². The molecule has 2 aliphatic rings. The highest BCUT2D eigenvalue weighted by molar-refractivity contribution is 5.98. The van der Waals surface area contributed by atoms with E-state index in [4.69, 9.17) is 0 Å². The van der Waals surface area contributed by atoms with Gasteiger partial charge in [-0.15, -0.1) is 0 Å². The van der Waals surface area contributed by atoms with Gasteiger partial charge in [0.05, 0.1) is 11.2 Å². The summed E-state index contributed by atoms with van der Waals surface area (Å²) in [5, 5.41) is 0.204. The standard InChI is InChI=1S/C39H46FN5O3/c1-5-41-26-33(39(48)45-24-27(2)44(28(3)29(45)4)25-31-14-10-7-11-15-31)38(47)32-22-34(40)36(23-35(32)41)42-18-20-43(21-19-42)37(46)17-16-30-12-8-6-9-13-30/h6-15,22-23,26-29H,5,16-21,24-25H2,1-4H3. The van der Waals surface area contributed by atoms with Crippen molar-refractivity contribution in [1.29, 1.82) is 0 Å². The highest BCUT2D eigenvalue weighted by atomic mass is 19.1. The van der Waals surface area contributed by atoms with Crippen molar-refractivity contribution in [3.63, 3.8) is 0 Å². The first-order chi connectivity index (χ1) is 23.2. The van der Waals surface area contributed by atoms with Gasteiger partial charge in [0.1, 0.15) is 11.4 Å². The lowest BCUT2D eigenvalue weighted by Gasteiger charge is -2.49. The van der Waals surface area contributed by atoms with Gasteiger partial charge in [-0.05, 0) is 57.4 Å². The van der Waals surface area contributed by atoms with Gasteiger partial charge in [0.15, 0.2) is 0 Å². The number of nitrogens with zero attached hydrogens (tertiary/aromatic N) is 5. The average molecular weight is 652 g/mol. The number of piperazine rings is 2. The van der Waals surface area contributed by atoms with Crippen molar-refractivity contribution in [3.8, 4) is 0 Å². The molecule has 0 aliphatic carbocycles. The quantitative estimate of drug-likeness (QED) is 0.250. The number of aromatic nitrogens is 1. The molecule has 0 bridgehead atoms. The Bertz CT molecular complexity index is 1820. The topological polar surface area (TPSA) is 69.1 Å². The third-order valence-corrected chi connectivity index (χ3v) is 10.4. The largest absolute Gasteiger partial charge is 0.366 e. The van der Waals surface area contributed by atoms with E-state index in [0.29, 0.717) is 63.3 Å². The van der Waals surface area contributed by atoms with Crippen molar-refractivity contribution in [1.82, 2.24) is 19.3 Å². The van der Waals surface area contributed by atoms with E-state index in [-0.39, 0.29) is 40.9 Å². The fourth-order valence-electron chi connectivity index (χ4n) is 7.32. The molecule has 3 unspecified atom stereocenters. The summed E-state index contributed by atoms with van der Waals surface area (Å²) in [7, 11) is 0. The number of anilines is 1. The lowest BCUT2D eigenvalue weighted by Crippen LogP contribution is -2.62. The summed E-state index contributed by atoms with van der Waals surface area (Å²) in [5.41, 5.74) is 2.98. The van der Waals surface area contributed by atoms with Gasteiger partial charge in [0, 0.05) is 81.9 Å². The summed E-state index contributed by atoms with van der Waals surface area (Å²) in [6.07, 6.45) is 2.79. The van der Waals surface area contributed by atoms with E-state index in [1.807, 2.05) is 81.6 Å². The van der Waals surface area contributed by atoms with Crippen molar-refractivity contribution >= 4 is 28.4 Å². The molecule has 8 nitrogen and oxygen atoms in total.